The zero-order chi connectivity index (χ0) is 18.3. The van der Waals surface area contributed by atoms with Gasteiger partial charge in [0, 0.05) is 17.9 Å². The number of thioether (sulfide) groups is 1. The molecule has 3 aromatic rings. The zero-order valence-corrected chi connectivity index (χ0v) is 15.4. The van der Waals surface area contributed by atoms with Gasteiger partial charge < -0.3 is 9.52 Å². The summed E-state index contributed by atoms with van der Waals surface area (Å²) in [6.07, 6.45) is 0. The van der Waals surface area contributed by atoms with E-state index in [-0.39, 0.29) is 11.1 Å². The number of nitro groups is 1. The number of hydrogen-bond donors (Lipinski definition) is 2. The van der Waals surface area contributed by atoms with Crippen molar-refractivity contribution in [1.29, 1.82) is 0 Å². The van der Waals surface area contributed by atoms with Crippen molar-refractivity contribution in [3.8, 4) is 0 Å². The van der Waals surface area contributed by atoms with Crippen molar-refractivity contribution >= 4 is 56.7 Å². The van der Waals surface area contributed by atoms with Crippen molar-refractivity contribution in [1.82, 2.24) is 10.3 Å². The normalized spacial score (nSPS) is 19.8. The van der Waals surface area contributed by atoms with Crippen LogP contribution in [-0.4, -0.2) is 32.8 Å². The second kappa shape index (κ2) is 6.91. The quantitative estimate of drug-likeness (QED) is 0.480. The number of benzene rings is 1. The predicted molar refractivity (Wildman–Crippen MR) is 98.9 cm³/mol. The molecule has 0 aliphatic carbocycles. The zero-order valence-electron chi connectivity index (χ0n) is 12.9. The standard InChI is InChI=1S/C15H11N3O5S3/c19-14(20)9-6-24-13(16-9)10-3-4-12(23-10)26-15-17-8-2-1-7(18(21)22)5-11(8)25-15/h1-5,9,13,16H,6H2,(H,19,20)/t9-,13-/m1/s1. The highest BCUT2D eigenvalue weighted by Gasteiger charge is 2.32. The van der Waals surface area contributed by atoms with Crippen molar-refractivity contribution < 1.29 is 19.2 Å². The third-order valence-electron chi connectivity index (χ3n) is 3.69. The van der Waals surface area contributed by atoms with Crippen LogP contribution in [0.25, 0.3) is 10.2 Å². The SMILES string of the molecule is O=C(O)[C@H]1CS[C@H](c2ccc(Sc3nc4ccc([N+](=O)[O-])cc4s3)o2)N1. The van der Waals surface area contributed by atoms with Crippen LogP contribution in [0.3, 0.4) is 0 Å². The molecule has 0 saturated carbocycles. The highest BCUT2D eigenvalue weighted by molar-refractivity contribution is 8.01. The number of fused-ring (bicyclic) bond motifs is 1. The van der Waals surface area contributed by atoms with Gasteiger partial charge in [0.05, 0.1) is 15.1 Å². The summed E-state index contributed by atoms with van der Waals surface area (Å²) in [6.45, 7) is 0. The number of aliphatic carboxylic acids is 1. The maximum atomic E-state index is 11.0. The Morgan fingerprint density at radius 1 is 1.42 bits per heavy atom. The van der Waals surface area contributed by atoms with E-state index in [1.165, 1.54) is 47.0 Å². The van der Waals surface area contributed by atoms with Gasteiger partial charge in [-0.1, -0.05) is 0 Å². The van der Waals surface area contributed by atoms with Crippen molar-refractivity contribution in [2.75, 3.05) is 5.75 Å². The summed E-state index contributed by atoms with van der Waals surface area (Å²) < 4.78 is 7.26. The minimum absolute atomic E-state index is 0.0373. The van der Waals surface area contributed by atoms with Crippen molar-refractivity contribution in [3.63, 3.8) is 0 Å². The van der Waals surface area contributed by atoms with Crippen molar-refractivity contribution in [2.45, 2.75) is 20.8 Å². The Morgan fingerprint density at radius 3 is 3.00 bits per heavy atom. The number of aromatic nitrogens is 1. The molecule has 2 aromatic heterocycles. The number of nitrogens with one attached hydrogen (secondary N) is 1. The van der Waals surface area contributed by atoms with Gasteiger partial charge in [-0.15, -0.1) is 23.1 Å². The molecule has 0 unspecified atom stereocenters. The first-order valence-electron chi connectivity index (χ1n) is 7.42. The van der Waals surface area contributed by atoms with Crippen LogP contribution >= 0.6 is 34.9 Å². The summed E-state index contributed by atoms with van der Waals surface area (Å²) in [5.74, 6) is 0.280. The van der Waals surface area contributed by atoms with Gasteiger partial charge in [-0.3, -0.25) is 20.2 Å². The van der Waals surface area contributed by atoms with Gasteiger partial charge in [-0.2, -0.15) is 0 Å². The Bertz CT molecular complexity index is 1000. The molecule has 2 N–H and O–H groups in total. The van der Waals surface area contributed by atoms with E-state index >= 15 is 0 Å². The van der Waals surface area contributed by atoms with Crippen LogP contribution in [0.2, 0.25) is 0 Å². The first kappa shape index (κ1) is 17.3. The van der Waals surface area contributed by atoms with Gasteiger partial charge in [0.2, 0.25) is 0 Å². The predicted octanol–water partition coefficient (Wildman–Crippen LogP) is 3.74. The summed E-state index contributed by atoms with van der Waals surface area (Å²) in [5, 5.41) is 23.4. The number of non-ortho nitro benzene ring substituents is 1. The van der Waals surface area contributed by atoms with E-state index in [0.717, 1.165) is 9.04 Å². The Kier molecular flexibility index (Phi) is 4.61. The Labute approximate surface area is 159 Å². The van der Waals surface area contributed by atoms with Crippen molar-refractivity contribution in [3.05, 3.63) is 46.2 Å². The third kappa shape index (κ3) is 3.43. The molecule has 0 spiro atoms. The molecule has 0 radical (unpaired) electrons. The van der Waals surface area contributed by atoms with E-state index < -0.39 is 16.9 Å². The fraction of sp³-hybridized carbons (Fsp3) is 0.200. The van der Waals surface area contributed by atoms with Crippen LogP contribution in [0.5, 0.6) is 0 Å². The van der Waals surface area contributed by atoms with E-state index in [2.05, 4.69) is 10.3 Å². The average molecular weight is 409 g/mol. The van der Waals surface area contributed by atoms with Crippen LogP contribution in [-0.2, 0) is 4.79 Å². The Balaban J connectivity index is 1.50. The van der Waals surface area contributed by atoms with Gasteiger partial charge in [-0.05, 0) is 30.0 Å². The number of carboxylic acids is 1. The summed E-state index contributed by atoms with van der Waals surface area (Å²) >= 11 is 4.18. The molecule has 8 nitrogen and oxygen atoms in total. The van der Waals surface area contributed by atoms with Crippen LogP contribution < -0.4 is 5.32 Å². The first-order valence-corrected chi connectivity index (χ1v) is 10.1. The summed E-state index contributed by atoms with van der Waals surface area (Å²) in [7, 11) is 0. The number of rotatable bonds is 5. The lowest BCUT2D eigenvalue weighted by Gasteiger charge is -2.07. The number of hydrogen-bond acceptors (Lipinski definition) is 9. The summed E-state index contributed by atoms with van der Waals surface area (Å²) in [5.41, 5.74) is 0.738. The van der Waals surface area contributed by atoms with Crippen LogP contribution in [0.4, 0.5) is 5.69 Å². The van der Waals surface area contributed by atoms with Gasteiger partial charge >= 0.3 is 5.97 Å². The lowest BCUT2D eigenvalue weighted by molar-refractivity contribution is -0.384. The van der Waals surface area contributed by atoms with E-state index in [1.54, 1.807) is 6.07 Å². The number of thiazole rings is 1. The fourth-order valence-electron chi connectivity index (χ4n) is 2.44. The van der Waals surface area contributed by atoms with E-state index in [0.29, 0.717) is 22.1 Å². The van der Waals surface area contributed by atoms with Crippen LogP contribution in [0, 0.1) is 10.1 Å². The second-order valence-corrected chi connectivity index (χ2v) is 8.84. The monoisotopic (exact) mass is 409 g/mol. The molecule has 0 bridgehead atoms. The number of furan rings is 1. The molecule has 11 heteroatoms. The van der Waals surface area contributed by atoms with E-state index in [4.69, 9.17) is 9.52 Å². The molecule has 2 atom stereocenters. The van der Waals surface area contributed by atoms with Crippen molar-refractivity contribution in [2.24, 2.45) is 0 Å². The summed E-state index contributed by atoms with van der Waals surface area (Å²) in [4.78, 5) is 25.9. The maximum Gasteiger partial charge on any atom is 0.321 e. The number of carboxylic acid groups (broad SMARTS) is 1. The molecule has 1 aliphatic heterocycles. The maximum absolute atomic E-state index is 11.0. The average Bonchev–Trinajstić information content (AvgIpc) is 3.32. The number of nitrogens with zero attached hydrogens (tertiary/aromatic N) is 2. The number of carbonyl (C=O) groups is 1. The topological polar surface area (TPSA) is 118 Å². The lowest BCUT2D eigenvalue weighted by Crippen LogP contribution is -2.33. The molecule has 4 rings (SSSR count). The molecule has 26 heavy (non-hydrogen) atoms. The van der Waals surface area contributed by atoms with Crippen LogP contribution in [0.1, 0.15) is 11.1 Å². The smallest absolute Gasteiger partial charge is 0.321 e. The molecular formula is C15H11N3O5S3. The van der Waals surface area contributed by atoms with Crippen LogP contribution in [0.15, 0.2) is 44.2 Å². The Hall–Kier alpha value is -2.08. The molecule has 1 aromatic carbocycles. The van der Waals surface area contributed by atoms with Gasteiger partial charge in [0.15, 0.2) is 9.43 Å². The highest BCUT2D eigenvalue weighted by atomic mass is 32.2. The highest BCUT2D eigenvalue weighted by Crippen LogP contribution is 2.39. The molecule has 1 fully saturated rings. The lowest BCUT2D eigenvalue weighted by atomic mass is 10.3. The molecule has 3 heterocycles. The van der Waals surface area contributed by atoms with Gasteiger partial charge in [0.1, 0.15) is 17.2 Å². The molecular weight excluding hydrogens is 398 g/mol. The van der Waals surface area contributed by atoms with E-state index in [9.17, 15) is 14.9 Å². The summed E-state index contributed by atoms with van der Waals surface area (Å²) in [6, 6.07) is 7.62. The minimum Gasteiger partial charge on any atom is -0.480 e. The molecule has 134 valence electrons. The fourth-order valence-corrected chi connectivity index (χ4v) is 5.62. The Morgan fingerprint density at radius 2 is 2.27 bits per heavy atom. The first-order chi connectivity index (χ1) is 12.5. The molecule has 0 amide bonds. The minimum atomic E-state index is -0.871. The van der Waals surface area contributed by atoms with E-state index in [1.807, 2.05) is 12.1 Å². The van der Waals surface area contributed by atoms with Gasteiger partial charge in [-0.25, -0.2) is 4.98 Å². The molecule has 1 saturated heterocycles. The third-order valence-corrected chi connectivity index (χ3v) is 6.92. The number of nitro benzene ring substituents is 1. The van der Waals surface area contributed by atoms with Gasteiger partial charge in [0.25, 0.3) is 5.69 Å². The molecule has 1 aliphatic rings. The largest absolute Gasteiger partial charge is 0.480 e. The second-order valence-electron chi connectivity index (χ2n) is 5.42.